The summed E-state index contributed by atoms with van der Waals surface area (Å²) in [7, 11) is 3.71. The molecule has 20 heavy (non-hydrogen) atoms. The van der Waals surface area contributed by atoms with Gasteiger partial charge in [0.05, 0.1) is 25.9 Å². The predicted octanol–water partition coefficient (Wildman–Crippen LogP) is 1.82. The molecule has 1 heterocycles. The Kier molecular flexibility index (Phi) is 4.24. The van der Waals surface area contributed by atoms with Gasteiger partial charge in [0, 0.05) is 19.1 Å². The molecule has 1 aliphatic heterocycles. The number of benzene rings is 1. The molecule has 2 fully saturated rings. The standard InChI is InChI=1S/C16H24N2O2/c1-17-11-15-16(12-4-3-5-14(10-12)19-2)18(8-9-20-15)13-6-7-13/h3-5,10,13,15-17H,6-9,11H2,1-2H3. The molecule has 1 saturated carbocycles. The van der Waals surface area contributed by atoms with E-state index in [1.165, 1.54) is 18.4 Å². The highest BCUT2D eigenvalue weighted by Gasteiger charge is 2.41. The molecule has 0 aromatic heterocycles. The zero-order chi connectivity index (χ0) is 13.9. The van der Waals surface area contributed by atoms with Gasteiger partial charge in [-0.1, -0.05) is 12.1 Å². The fourth-order valence-corrected chi connectivity index (χ4v) is 3.17. The third-order valence-corrected chi connectivity index (χ3v) is 4.25. The Bertz CT molecular complexity index is 446. The van der Waals surface area contributed by atoms with Crippen LogP contribution in [0.4, 0.5) is 0 Å². The van der Waals surface area contributed by atoms with Crippen LogP contribution in [-0.4, -0.2) is 50.9 Å². The number of likely N-dealkylation sites (N-methyl/N-ethyl adjacent to an activating group) is 1. The molecule has 1 aromatic rings. The van der Waals surface area contributed by atoms with Crippen LogP contribution in [0.2, 0.25) is 0 Å². The topological polar surface area (TPSA) is 33.7 Å². The van der Waals surface area contributed by atoms with Gasteiger partial charge in [0.25, 0.3) is 0 Å². The van der Waals surface area contributed by atoms with E-state index in [2.05, 4.69) is 28.4 Å². The van der Waals surface area contributed by atoms with Crippen molar-refractivity contribution < 1.29 is 9.47 Å². The van der Waals surface area contributed by atoms with Crippen molar-refractivity contribution in [3.05, 3.63) is 29.8 Å². The molecule has 110 valence electrons. The number of nitrogens with zero attached hydrogens (tertiary/aromatic N) is 1. The lowest BCUT2D eigenvalue weighted by Crippen LogP contribution is -2.49. The van der Waals surface area contributed by atoms with E-state index in [9.17, 15) is 0 Å². The Labute approximate surface area is 121 Å². The molecule has 4 heteroatoms. The Morgan fingerprint density at radius 3 is 2.95 bits per heavy atom. The number of morpholine rings is 1. The number of ether oxygens (including phenoxy) is 2. The van der Waals surface area contributed by atoms with Gasteiger partial charge in [-0.15, -0.1) is 0 Å². The van der Waals surface area contributed by atoms with Crippen molar-refractivity contribution in [2.45, 2.75) is 31.0 Å². The van der Waals surface area contributed by atoms with Crippen molar-refractivity contribution in [1.82, 2.24) is 10.2 Å². The first kappa shape index (κ1) is 13.9. The smallest absolute Gasteiger partial charge is 0.119 e. The molecule has 0 bridgehead atoms. The highest BCUT2D eigenvalue weighted by atomic mass is 16.5. The summed E-state index contributed by atoms with van der Waals surface area (Å²) in [6.45, 7) is 2.75. The minimum Gasteiger partial charge on any atom is -0.497 e. The molecule has 4 nitrogen and oxygen atoms in total. The summed E-state index contributed by atoms with van der Waals surface area (Å²) in [5, 5.41) is 3.26. The number of hydrogen-bond acceptors (Lipinski definition) is 4. The van der Waals surface area contributed by atoms with E-state index in [4.69, 9.17) is 9.47 Å². The van der Waals surface area contributed by atoms with Gasteiger partial charge in [-0.25, -0.2) is 0 Å². The Morgan fingerprint density at radius 1 is 1.40 bits per heavy atom. The van der Waals surface area contributed by atoms with E-state index in [-0.39, 0.29) is 6.10 Å². The first-order valence-electron chi connectivity index (χ1n) is 7.49. The third kappa shape index (κ3) is 2.82. The Balaban J connectivity index is 1.89. The molecule has 0 radical (unpaired) electrons. The predicted molar refractivity (Wildman–Crippen MR) is 79.1 cm³/mol. The number of methoxy groups -OCH3 is 1. The first-order valence-corrected chi connectivity index (χ1v) is 7.49. The number of nitrogens with one attached hydrogen (secondary N) is 1. The van der Waals surface area contributed by atoms with Crippen molar-refractivity contribution in [3.63, 3.8) is 0 Å². The quantitative estimate of drug-likeness (QED) is 0.889. The lowest BCUT2D eigenvalue weighted by Gasteiger charge is -2.42. The van der Waals surface area contributed by atoms with Crippen LogP contribution in [0.15, 0.2) is 24.3 Å². The molecule has 2 unspecified atom stereocenters. The van der Waals surface area contributed by atoms with E-state index < -0.39 is 0 Å². The van der Waals surface area contributed by atoms with Crippen LogP contribution >= 0.6 is 0 Å². The zero-order valence-electron chi connectivity index (χ0n) is 12.3. The van der Waals surface area contributed by atoms with E-state index in [0.717, 1.165) is 31.5 Å². The zero-order valence-corrected chi connectivity index (χ0v) is 12.3. The van der Waals surface area contributed by atoms with Gasteiger partial charge < -0.3 is 14.8 Å². The maximum atomic E-state index is 6.02. The van der Waals surface area contributed by atoms with Crippen LogP contribution in [0.5, 0.6) is 5.75 Å². The van der Waals surface area contributed by atoms with Crippen molar-refractivity contribution in [2.75, 3.05) is 33.9 Å². The van der Waals surface area contributed by atoms with E-state index in [1.807, 2.05) is 13.1 Å². The van der Waals surface area contributed by atoms with Crippen LogP contribution in [0.3, 0.4) is 0 Å². The summed E-state index contributed by atoms with van der Waals surface area (Å²) in [6, 6.07) is 9.50. The molecule has 2 aliphatic rings. The lowest BCUT2D eigenvalue weighted by molar-refractivity contribution is -0.0740. The number of hydrogen-bond donors (Lipinski definition) is 1. The summed E-state index contributed by atoms with van der Waals surface area (Å²) in [4.78, 5) is 2.63. The second kappa shape index (κ2) is 6.12. The van der Waals surface area contributed by atoms with Crippen LogP contribution in [0, 0.1) is 0 Å². The summed E-state index contributed by atoms with van der Waals surface area (Å²) in [6.07, 6.45) is 2.86. The van der Waals surface area contributed by atoms with Gasteiger partial charge >= 0.3 is 0 Å². The van der Waals surface area contributed by atoms with Gasteiger partial charge in [0.1, 0.15) is 5.75 Å². The average Bonchev–Trinajstić information content (AvgIpc) is 3.32. The molecule has 1 aliphatic carbocycles. The molecule has 3 rings (SSSR count). The fourth-order valence-electron chi connectivity index (χ4n) is 3.17. The maximum absolute atomic E-state index is 6.02. The van der Waals surface area contributed by atoms with Crippen LogP contribution in [-0.2, 0) is 4.74 Å². The molecule has 0 spiro atoms. The van der Waals surface area contributed by atoms with E-state index >= 15 is 0 Å². The second-order valence-electron chi connectivity index (χ2n) is 5.66. The summed E-state index contributed by atoms with van der Waals surface area (Å²) < 4.78 is 11.4. The van der Waals surface area contributed by atoms with E-state index in [1.54, 1.807) is 7.11 Å². The molecule has 1 saturated heterocycles. The van der Waals surface area contributed by atoms with Crippen molar-refractivity contribution in [3.8, 4) is 5.75 Å². The summed E-state index contributed by atoms with van der Waals surface area (Å²) >= 11 is 0. The van der Waals surface area contributed by atoms with Crippen LogP contribution < -0.4 is 10.1 Å². The normalized spacial score (nSPS) is 27.5. The molecule has 2 atom stereocenters. The van der Waals surface area contributed by atoms with Crippen LogP contribution in [0.25, 0.3) is 0 Å². The van der Waals surface area contributed by atoms with Crippen molar-refractivity contribution in [1.29, 1.82) is 0 Å². The van der Waals surface area contributed by atoms with Gasteiger partial charge in [-0.2, -0.15) is 0 Å². The Hall–Kier alpha value is -1.10. The lowest BCUT2D eigenvalue weighted by atomic mass is 9.97. The molecule has 0 amide bonds. The minimum atomic E-state index is 0.210. The van der Waals surface area contributed by atoms with E-state index in [0.29, 0.717) is 6.04 Å². The first-order chi connectivity index (χ1) is 9.83. The van der Waals surface area contributed by atoms with Gasteiger partial charge in [-0.3, -0.25) is 4.90 Å². The minimum absolute atomic E-state index is 0.210. The Morgan fingerprint density at radius 2 is 2.25 bits per heavy atom. The molecular weight excluding hydrogens is 252 g/mol. The summed E-state index contributed by atoms with van der Waals surface area (Å²) in [5.74, 6) is 0.923. The van der Waals surface area contributed by atoms with Gasteiger partial charge in [0.15, 0.2) is 0 Å². The van der Waals surface area contributed by atoms with Gasteiger partial charge in [-0.05, 0) is 37.6 Å². The molecular formula is C16H24N2O2. The number of rotatable bonds is 5. The van der Waals surface area contributed by atoms with Crippen LogP contribution in [0.1, 0.15) is 24.4 Å². The summed E-state index contributed by atoms with van der Waals surface area (Å²) in [5.41, 5.74) is 1.30. The largest absolute Gasteiger partial charge is 0.497 e. The average molecular weight is 276 g/mol. The highest BCUT2D eigenvalue weighted by molar-refractivity contribution is 5.32. The highest BCUT2D eigenvalue weighted by Crippen LogP contribution is 2.39. The van der Waals surface area contributed by atoms with Crippen molar-refractivity contribution in [2.24, 2.45) is 0 Å². The molecule has 1 aromatic carbocycles. The fraction of sp³-hybridized carbons (Fsp3) is 0.625. The van der Waals surface area contributed by atoms with Crippen molar-refractivity contribution >= 4 is 0 Å². The second-order valence-corrected chi connectivity index (χ2v) is 5.66. The van der Waals surface area contributed by atoms with Gasteiger partial charge in [0.2, 0.25) is 0 Å². The third-order valence-electron chi connectivity index (χ3n) is 4.25. The monoisotopic (exact) mass is 276 g/mol. The molecule has 1 N–H and O–H groups in total. The SMILES string of the molecule is CNCC1OCCN(C2CC2)C1c1cccc(OC)c1. The maximum Gasteiger partial charge on any atom is 0.119 e.